The largest absolute Gasteiger partial charge is 0.460 e. The third-order valence-electron chi connectivity index (χ3n) is 6.11. The number of carbonyl (C=O) groups is 5. The van der Waals surface area contributed by atoms with Gasteiger partial charge in [-0.05, 0) is 62.1 Å². The number of nitrogens with zero attached hydrogens (tertiary/aromatic N) is 1. The number of amides is 5. The van der Waals surface area contributed by atoms with Gasteiger partial charge in [0.1, 0.15) is 11.6 Å². The Morgan fingerprint density at radius 3 is 2.58 bits per heavy atom. The molecule has 3 N–H and O–H groups in total. The number of piperidine rings is 1. The summed E-state index contributed by atoms with van der Waals surface area (Å²) in [6.45, 7) is 5.83. The van der Waals surface area contributed by atoms with Gasteiger partial charge in [-0.1, -0.05) is 29.8 Å². The minimum atomic E-state index is -0.678. The van der Waals surface area contributed by atoms with Crippen LogP contribution >= 0.6 is 11.6 Å². The average molecular weight is 541 g/mol. The maximum Gasteiger partial charge on any atom is 0.319 e. The molecule has 38 heavy (non-hydrogen) atoms. The van der Waals surface area contributed by atoms with E-state index >= 15 is 0 Å². The van der Waals surface area contributed by atoms with Gasteiger partial charge in [0.15, 0.2) is 0 Å². The molecular formula is C27H29ClN4O6. The highest BCUT2D eigenvalue weighted by Crippen LogP contribution is 2.28. The lowest BCUT2D eigenvalue weighted by Gasteiger charge is -2.29. The maximum atomic E-state index is 12.8. The minimum Gasteiger partial charge on any atom is -0.460 e. The van der Waals surface area contributed by atoms with Gasteiger partial charge in [-0.2, -0.15) is 0 Å². The van der Waals surface area contributed by atoms with Crippen LogP contribution in [0.3, 0.4) is 0 Å². The Hall–Kier alpha value is -3.92. The molecule has 5 amide bonds. The predicted octanol–water partition coefficient (Wildman–Crippen LogP) is 3.31. The van der Waals surface area contributed by atoms with Crippen LogP contribution in [-0.2, 0) is 38.6 Å². The molecule has 2 aromatic rings. The molecule has 0 spiro atoms. The number of urea groups is 1. The number of carbonyl (C=O) groups excluding carboxylic acids is 5. The van der Waals surface area contributed by atoms with Gasteiger partial charge in [-0.25, -0.2) is 4.79 Å². The normalized spacial score (nSPS) is 17.1. The summed E-state index contributed by atoms with van der Waals surface area (Å²) >= 11 is 6.30. The molecule has 1 atom stereocenters. The first-order valence-corrected chi connectivity index (χ1v) is 12.6. The van der Waals surface area contributed by atoms with E-state index in [-0.39, 0.29) is 37.7 Å². The summed E-state index contributed by atoms with van der Waals surface area (Å²) in [6, 6.07) is 8.98. The van der Waals surface area contributed by atoms with E-state index < -0.39 is 29.6 Å². The molecule has 0 saturated carbocycles. The van der Waals surface area contributed by atoms with E-state index in [1.165, 1.54) is 4.90 Å². The third kappa shape index (κ3) is 6.49. The van der Waals surface area contributed by atoms with Gasteiger partial charge in [-0.3, -0.25) is 24.5 Å². The van der Waals surface area contributed by atoms with Crippen LogP contribution in [0.4, 0.5) is 10.5 Å². The Morgan fingerprint density at radius 1 is 1.13 bits per heavy atom. The molecule has 0 aromatic heterocycles. The second kappa shape index (κ2) is 10.8. The standard InChI is InChI=1S/C27H29ClN4O6/c1-27(2,3)38-23(34)11-16-5-6-18(12-20(16)28)30-26(37)29-13-15-4-7-19-17(10-15)14-32(25(19)36)21-8-9-22(33)31-24(21)35/h4-7,10,12,21H,8-9,11,13-14H2,1-3H3,(H2,29,30,37)(H,31,33,35). The smallest absolute Gasteiger partial charge is 0.319 e. The van der Waals surface area contributed by atoms with Gasteiger partial charge < -0.3 is 20.3 Å². The molecule has 1 unspecified atom stereocenters. The number of esters is 1. The first-order chi connectivity index (χ1) is 17.9. The fourth-order valence-corrected chi connectivity index (χ4v) is 4.64. The Balaban J connectivity index is 1.31. The van der Waals surface area contributed by atoms with E-state index in [1.807, 2.05) is 6.07 Å². The summed E-state index contributed by atoms with van der Waals surface area (Å²) in [4.78, 5) is 62.5. The SMILES string of the molecule is CC(C)(C)OC(=O)Cc1ccc(NC(=O)NCc2ccc3c(c2)CN(C2CCC(=O)NC2=O)C3=O)cc1Cl. The lowest BCUT2D eigenvalue weighted by Crippen LogP contribution is -2.52. The van der Waals surface area contributed by atoms with E-state index in [0.717, 1.165) is 11.1 Å². The summed E-state index contributed by atoms with van der Waals surface area (Å²) in [5.41, 5.74) is 2.49. The highest BCUT2D eigenvalue weighted by atomic mass is 35.5. The van der Waals surface area contributed by atoms with Crippen LogP contribution in [0.2, 0.25) is 5.02 Å². The fourth-order valence-electron chi connectivity index (χ4n) is 4.40. The molecule has 4 rings (SSSR count). The number of hydrogen-bond donors (Lipinski definition) is 3. The van der Waals surface area contributed by atoms with Crippen LogP contribution in [0, 0.1) is 0 Å². The fraction of sp³-hybridized carbons (Fsp3) is 0.370. The number of imide groups is 1. The van der Waals surface area contributed by atoms with Crippen LogP contribution in [-0.4, -0.2) is 46.3 Å². The van der Waals surface area contributed by atoms with Gasteiger partial charge in [0.2, 0.25) is 11.8 Å². The van der Waals surface area contributed by atoms with Crippen molar-refractivity contribution < 1.29 is 28.7 Å². The lowest BCUT2D eigenvalue weighted by atomic mass is 10.0. The molecule has 11 heteroatoms. The number of nitrogens with one attached hydrogen (secondary N) is 3. The van der Waals surface area contributed by atoms with Gasteiger partial charge in [0.25, 0.3) is 5.91 Å². The Labute approximate surface area is 225 Å². The van der Waals surface area contributed by atoms with Gasteiger partial charge >= 0.3 is 12.0 Å². The molecular weight excluding hydrogens is 512 g/mol. The minimum absolute atomic E-state index is 0.0182. The summed E-state index contributed by atoms with van der Waals surface area (Å²) in [5, 5.41) is 8.08. The number of hydrogen-bond acceptors (Lipinski definition) is 6. The molecule has 2 aromatic carbocycles. The van der Waals surface area contributed by atoms with Crippen LogP contribution in [0.5, 0.6) is 0 Å². The zero-order chi connectivity index (χ0) is 27.6. The molecule has 0 bridgehead atoms. The van der Waals surface area contributed by atoms with Gasteiger partial charge in [0, 0.05) is 35.8 Å². The number of benzene rings is 2. The van der Waals surface area contributed by atoms with Crippen molar-refractivity contribution in [2.45, 2.75) is 64.8 Å². The number of rotatable bonds is 6. The molecule has 0 radical (unpaired) electrons. The zero-order valence-electron chi connectivity index (χ0n) is 21.4. The van der Waals surface area contributed by atoms with Gasteiger partial charge in [0.05, 0.1) is 6.42 Å². The zero-order valence-corrected chi connectivity index (χ0v) is 22.1. The Kier molecular flexibility index (Phi) is 7.73. The van der Waals surface area contributed by atoms with Crippen molar-refractivity contribution >= 4 is 47.0 Å². The van der Waals surface area contributed by atoms with Crippen molar-refractivity contribution in [3.63, 3.8) is 0 Å². The Bertz CT molecular complexity index is 1320. The summed E-state index contributed by atoms with van der Waals surface area (Å²) in [5.74, 6) is -1.44. The molecule has 1 fully saturated rings. The average Bonchev–Trinajstić information content (AvgIpc) is 3.14. The highest BCUT2D eigenvalue weighted by molar-refractivity contribution is 6.31. The molecule has 200 valence electrons. The predicted molar refractivity (Wildman–Crippen MR) is 139 cm³/mol. The molecule has 1 saturated heterocycles. The van der Waals surface area contributed by atoms with Crippen molar-refractivity contribution in [3.05, 3.63) is 63.7 Å². The van der Waals surface area contributed by atoms with Crippen molar-refractivity contribution in [1.82, 2.24) is 15.5 Å². The van der Waals surface area contributed by atoms with Crippen LogP contribution in [0.15, 0.2) is 36.4 Å². The monoisotopic (exact) mass is 540 g/mol. The van der Waals surface area contributed by atoms with Crippen molar-refractivity contribution in [2.75, 3.05) is 5.32 Å². The van der Waals surface area contributed by atoms with Crippen LogP contribution < -0.4 is 16.0 Å². The molecule has 2 heterocycles. The lowest BCUT2D eigenvalue weighted by molar-refractivity contribution is -0.154. The van der Waals surface area contributed by atoms with Crippen molar-refractivity contribution in [2.24, 2.45) is 0 Å². The summed E-state index contributed by atoms with van der Waals surface area (Å²) in [6.07, 6.45) is 0.508. The maximum absolute atomic E-state index is 12.8. The van der Waals surface area contributed by atoms with E-state index in [4.69, 9.17) is 16.3 Å². The van der Waals surface area contributed by atoms with Crippen molar-refractivity contribution in [1.29, 1.82) is 0 Å². The summed E-state index contributed by atoms with van der Waals surface area (Å²) < 4.78 is 5.32. The molecule has 0 aliphatic carbocycles. The van der Waals surface area contributed by atoms with E-state index in [1.54, 1.807) is 51.1 Å². The molecule has 2 aliphatic rings. The first-order valence-electron chi connectivity index (χ1n) is 12.2. The Morgan fingerprint density at radius 2 is 1.89 bits per heavy atom. The highest BCUT2D eigenvalue weighted by Gasteiger charge is 2.39. The van der Waals surface area contributed by atoms with Crippen LogP contribution in [0.1, 0.15) is 60.7 Å². The number of halogens is 1. The number of ether oxygens (including phenoxy) is 1. The summed E-state index contributed by atoms with van der Waals surface area (Å²) in [7, 11) is 0. The van der Waals surface area contributed by atoms with Crippen LogP contribution in [0.25, 0.3) is 0 Å². The molecule has 2 aliphatic heterocycles. The number of fused-ring (bicyclic) bond motifs is 1. The number of anilines is 1. The van der Waals surface area contributed by atoms with E-state index in [0.29, 0.717) is 28.3 Å². The second-order valence-electron chi connectivity index (χ2n) is 10.3. The first kappa shape index (κ1) is 27.1. The van der Waals surface area contributed by atoms with E-state index in [9.17, 15) is 24.0 Å². The van der Waals surface area contributed by atoms with Crippen molar-refractivity contribution in [3.8, 4) is 0 Å². The topological polar surface area (TPSA) is 134 Å². The second-order valence-corrected chi connectivity index (χ2v) is 10.7. The molecule has 10 nitrogen and oxygen atoms in total. The van der Waals surface area contributed by atoms with E-state index in [2.05, 4.69) is 16.0 Å². The van der Waals surface area contributed by atoms with Gasteiger partial charge in [-0.15, -0.1) is 0 Å². The quantitative estimate of drug-likeness (QED) is 0.380. The third-order valence-corrected chi connectivity index (χ3v) is 6.46.